The van der Waals surface area contributed by atoms with Crippen molar-refractivity contribution in [1.82, 2.24) is 0 Å². The fourth-order valence-electron chi connectivity index (χ4n) is 5.24. The van der Waals surface area contributed by atoms with Gasteiger partial charge in [-0.25, -0.2) is 9.59 Å². The van der Waals surface area contributed by atoms with Gasteiger partial charge in [-0.2, -0.15) is 0 Å². The Hall–Kier alpha value is -3.28. The van der Waals surface area contributed by atoms with Crippen molar-refractivity contribution in [2.45, 2.75) is 49.2 Å². The summed E-state index contributed by atoms with van der Waals surface area (Å²) in [5.74, 6) is -5.79. The van der Waals surface area contributed by atoms with Crippen LogP contribution in [-0.2, 0) is 33.3 Å². The van der Waals surface area contributed by atoms with Crippen LogP contribution in [0.5, 0.6) is 11.5 Å². The Morgan fingerprint density at radius 1 is 0.951 bits per heavy atom. The predicted octanol–water partition coefficient (Wildman–Crippen LogP) is -2.53. The minimum Gasteiger partial charge on any atom is -0.504 e. The van der Waals surface area contributed by atoms with E-state index in [1.807, 2.05) is 0 Å². The van der Waals surface area contributed by atoms with Crippen LogP contribution in [-0.4, -0.2) is 122 Å². The molecule has 0 aromatic heterocycles. The Labute approximate surface area is 233 Å². The van der Waals surface area contributed by atoms with Crippen molar-refractivity contribution in [3.8, 4) is 11.5 Å². The van der Waals surface area contributed by atoms with Crippen LogP contribution in [0.15, 0.2) is 36.1 Å². The molecule has 1 saturated heterocycles. The minimum absolute atomic E-state index is 0.140. The number of aliphatic hydroxyl groups is 6. The molecule has 2 aliphatic heterocycles. The van der Waals surface area contributed by atoms with Gasteiger partial charge in [0.2, 0.25) is 6.29 Å². The number of aromatic hydroxyl groups is 2. The Kier molecular flexibility index (Phi) is 9.51. The third kappa shape index (κ3) is 6.17. The van der Waals surface area contributed by atoms with Gasteiger partial charge >= 0.3 is 11.9 Å². The van der Waals surface area contributed by atoms with Crippen molar-refractivity contribution >= 4 is 18.0 Å². The average Bonchev–Trinajstić information content (AvgIpc) is 3.22. The van der Waals surface area contributed by atoms with E-state index >= 15 is 0 Å². The third-order valence-electron chi connectivity index (χ3n) is 7.44. The molecule has 4 rings (SSSR count). The highest BCUT2D eigenvalue weighted by Gasteiger charge is 2.59. The first-order valence-corrected chi connectivity index (χ1v) is 12.6. The normalized spacial score (nSPS) is 36.8. The molecule has 2 fully saturated rings. The molecule has 1 aliphatic carbocycles. The number of ether oxygens (including phenoxy) is 5. The molecule has 3 aliphatic rings. The highest BCUT2D eigenvalue weighted by atomic mass is 16.8. The second-order valence-corrected chi connectivity index (χ2v) is 9.86. The zero-order valence-corrected chi connectivity index (χ0v) is 21.7. The second-order valence-electron chi connectivity index (χ2n) is 9.86. The zero-order chi connectivity index (χ0) is 30.0. The minimum atomic E-state index is -1.79. The number of carbonyl (C=O) groups is 2. The molecule has 0 amide bonds. The lowest BCUT2D eigenvalue weighted by atomic mass is 9.82. The molecule has 41 heavy (non-hydrogen) atoms. The largest absolute Gasteiger partial charge is 0.504 e. The number of hydrogen-bond donors (Lipinski definition) is 8. The Morgan fingerprint density at radius 2 is 1.68 bits per heavy atom. The molecule has 0 spiro atoms. The van der Waals surface area contributed by atoms with Crippen molar-refractivity contribution in [1.29, 1.82) is 0 Å². The first kappa shape index (κ1) is 30.7. The maximum atomic E-state index is 12.4. The molecule has 11 atom stereocenters. The zero-order valence-electron chi connectivity index (χ0n) is 21.7. The summed E-state index contributed by atoms with van der Waals surface area (Å²) in [4.78, 5) is 24.9. The standard InChI is InChI=1S/C26H32O15/c1-37-24(36)12-9-39-25(41-26-23(35)22(34)20(32)15(7-27)40-26)18-11(19(31)21(33)17(12)18)8-38-16(30)5-3-10-2-4-13(28)14(29)6-10/h2-6,9,11,15,17-23,25-29,31-35H,7-8H2,1H3/b5-3+/t11-,15-,17-,18-,19-,20-,21+,22+,23-,25+,26+/m1/s1. The molecular formula is C26H32O15. The van der Waals surface area contributed by atoms with Gasteiger partial charge in [0, 0.05) is 23.8 Å². The van der Waals surface area contributed by atoms with E-state index in [-0.39, 0.29) is 11.3 Å². The van der Waals surface area contributed by atoms with Crippen molar-refractivity contribution in [3.63, 3.8) is 0 Å². The summed E-state index contributed by atoms with van der Waals surface area (Å²) >= 11 is 0. The molecular weight excluding hydrogens is 552 g/mol. The monoisotopic (exact) mass is 584 g/mol. The predicted molar refractivity (Wildman–Crippen MR) is 132 cm³/mol. The van der Waals surface area contributed by atoms with Crippen LogP contribution < -0.4 is 0 Å². The summed E-state index contributed by atoms with van der Waals surface area (Å²) in [6.07, 6.45) is -9.41. The summed E-state index contributed by atoms with van der Waals surface area (Å²) in [5.41, 5.74) is 0.230. The molecule has 2 heterocycles. The van der Waals surface area contributed by atoms with E-state index in [1.54, 1.807) is 0 Å². The number of rotatable bonds is 8. The first-order valence-electron chi connectivity index (χ1n) is 12.6. The van der Waals surface area contributed by atoms with E-state index in [1.165, 1.54) is 24.3 Å². The van der Waals surface area contributed by atoms with Crippen molar-refractivity contribution in [2.24, 2.45) is 17.8 Å². The van der Waals surface area contributed by atoms with Gasteiger partial charge in [-0.05, 0) is 23.8 Å². The maximum absolute atomic E-state index is 12.4. The van der Waals surface area contributed by atoms with Gasteiger partial charge in [-0.15, -0.1) is 0 Å². The van der Waals surface area contributed by atoms with Crippen LogP contribution in [0, 0.1) is 17.8 Å². The topological polar surface area (TPSA) is 242 Å². The highest BCUT2D eigenvalue weighted by Crippen LogP contribution is 2.48. The molecule has 226 valence electrons. The van der Waals surface area contributed by atoms with E-state index in [4.69, 9.17) is 23.7 Å². The number of methoxy groups -OCH3 is 1. The number of hydrogen-bond acceptors (Lipinski definition) is 15. The lowest BCUT2D eigenvalue weighted by molar-refractivity contribution is -0.343. The quantitative estimate of drug-likeness (QED) is 0.0892. The number of phenols is 2. The maximum Gasteiger partial charge on any atom is 0.337 e. The van der Waals surface area contributed by atoms with E-state index in [0.717, 1.165) is 19.4 Å². The van der Waals surface area contributed by atoms with Gasteiger partial charge < -0.3 is 64.5 Å². The SMILES string of the molecule is COC(=O)C1=CO[C@@H](O[C@@H]2O[C@H](CO)[C@@H](O)[C@H](O)[C@H]2O)[C@@H]2[C@@H](COC(=O)/C=C/c3ccc(O)c(O)c3)[C@@H](O)[C@@H](O)[C@H]12. The number of aliphatic hydroxyl groups excluding tert-OH is 6. The Bertz CT molecular complexity index is 1170. The molecule has 0 bridgehead atoms. The van der Waals surface area contributed by atoms with Gasteiger partial charge in [0.25, 0.3) is 0 Å². The molecule has 0 radical (unpaired) electrons. The Morgan fingerprint density at radius 3 is 2.34 bits per heavy atom. The highest BCUT2D eigenvalue weighted by molar-refractivity contribution is 5.89. The molecule has 1 aromatic carbocycles. The molecule has 0 unspecified atom stereocenters. The van der Waals surface area contributed by atoms with Gasteiger partial charge in [0.1, 0.15) is 24.4 Å². The van der Waals surface area contributed by atoms with Crippen molar-refractivity contribution in [3.05, 3.63) is 41.7 Å². The number of benzene rings is 1. The van der Waals surface area contributed by atoms with E-state index < -0.39 is 97.9 Å². The molecule has 15 nitrogen and oxygen atoms in total. The van der Waals surface area contributed by atoms with Gasteiger partial charge in [-0.1, -0.05) is 6.07 Å². The fraction of sp³-hybridized carbons (Fsp3) is 0.538. The first-order chi connectivity index (χ1) is 19.5. The van der Waals surface area contributed by atoms with Crippen molar-refractivity contribution < 1.29 is 74.1 Å². The smallest absolute Gasteiger partial charge is 0.337 e. The van der Waals surface area contributed by atoms with Gasteiger partial charge in [-0.3, -0.25) is 0 Å². The van der Waals surface area contributed by atoms with E-state index in [9.17, 15) is 50.4 Å². The fourth-order valence-corrected chi connectivity index (χ4v) is 5.24. The number of phenolic OH excluding ortho intramolecular Hbond substituents is 2. The second kappa shape index (κ2) is 12.7. The van der Waals surface area contributed by atoms with Crippen LogP contribution in [0.25, 0.3) is 6.08 Å². The third-order valence-corrected chi connectivity index (χ3v) is 7.44. The van der Waals surface area contributed by atoms with Crippen LogP contribution in [0.2, 0.25) is 0 Å². The molecule has 1 aromatic rings. The molecule has 8 N–H and O–H groups in total. The lowest BCUT2D eigenvalue weighted by Gasteiger charge is -2.43. The van der Waals surface area contributed by atoms with Crippen LogP contribution in [0.4, 0.5) is 0 Å². The van der Waals surface area contributed by atoms with Gasteiger partial charge in [0.15, 0.2) is 17.8 Å². The summed E-state index contributed by atoms with van der Waals surface area (Å²) in [6.45, 7) is -1.21. The lowest BCUT2D eigenvalue weighted by Crippen LogP contribution is -2.60. The van der Waals surface area contributed by atoms with Crippen LogP contribution in [0.1, 0.15) is 5.56 Å². The number of carbonyl (C=O) groups excluding carboxylic acids is 2. The Balaban J connectivity index is 1.54. The molecule has 1 saturated carbocycles. The summed E-state index contributed by atoms with van der Waals surface area (Å²) in [5, 5.41) is 80.8. The van der Waals surface area contributed by atoms with Gasteiger partial charge in [0.05, 0.1) is 44.4 Å². The number of esters is 2. The summed E-state index contributed by atoms with van der Waals surface area (Å²) in [7, 11) is 1.10. The number of fused-ring (bicyclic) bond motifs is 1. The van der Waals surface area contributed by atoms with Crippen molar-refractivity contribution in [2.75, 3.05) is 20.3 Å². The van der Waals surface area contributed by atoms with E-state index in [0.29, 0.717) is 5.56 Å². The van der Waals surface area contributed by atoms with Crippen LogP contribution >= 0.6 is 0 Å². The van der Waals surface area contributed by atoms with Crippen LogP contribution in [0.3, 0.4) is 0 Å². The average molecular weight is 585 g/mol. The summed E-state index contributed by atoms with van der Waals surface area (Å²) < 4.78 is 26.7. The summed E-state index contributed by atoms with van der Waals surface area (Å²) in [6, 6.07) is 3.87. The molecule has 15 heteroatoms. The van der Waals surface area contributed by atoms with E-state index in [2.05, 4.69) is 0 Å².